The molecule has 0 unspecified atom stereocenters. The normalized spacial score (nSPS) is 13.1. The lowest BCUT2D eigenvalue weighted by molar-refractivity contribution is 0.660. The van der Waals surface area contributed by atoms with Gasteiger partial charge in [-0.05, 0) is 238 Å². The third kappa shape index (κ3) is 10.0. The zero-order valence-electron chi connectivity index (χ0n) is 60.7. The second-order valence-corrected chi connectivity index (χ2v) is 30.7. The van der Waals surface area contributed by atoms with E-state index in [9.17, 15) is 0 Å². The van der Waals surface area contributed by atoms with Crippen molar-refractivity contribution in [3.8, 4) is 100 Å². The van der Waals surface area contributed by atoms with Crippen molar-refractivity contribution < 1.29 is 0 Å². The maximum Gasteiger partial charge on any atom is 0.0535 e. The molecule has 2 nitrogen and oxygen atoms in total. The molecule has 0 bridgehead atoms. The van der Waals surface area contributed by atoms with Crippen LogP contribution in [-0.4, -0.2) is 9.13 Å². The Balaban J connectivity index is 0.000000139. The van der Waals surface area contributed by atoms with Crippen molar-refractivity contribution in [2.24, 2.45) is 0 Å². The van der Waals surface area contributed by atoms with Gasteiger partial charge in [-0.1, -0.05) is 319 Å². The Morgan fingerprint density at radius 1 is 0.176 bits per heavy atom. The van der Waals surface area contributed by atoms with Crippen LogP contribution in [0.5, 0.6) is 0 Å². The van der Waals surface area contributed by atoms with Crippen molar-refractivity contribution in [2.45, 2.75) is 38.5 Å². The number of aromatic nitrogens is 2. The van der Waals surface area contributed by atoms with Crippen LogP contribution in [0, 0.1) is 0 Å². The van der Waals surface area contributed by atoms with Crippen molar-refractivity contribution in [3.05, 3.63) is 399 Å². The molecule has 2 heterocycles. The summed E-state index contributed by atoms with van der Waals surface area (Å²) in [4.78, 5) is 0. The summed E-state index contributed by atoms with van der Waals surface area (Å²) in [5.41, 5.74) is 30.3. The van der Waals surface area contributed by atoms with E-state index in [0.717, 1.165) is 0 Å². The average molecular weight is 1380 g/mol. The van der Waals surface area contributed by atoms with Gasteiger partial charge in [0.15, 0.2) is 0 Å². The Kier molecular flexibility index (Phi) is 14.4. The van der Waals surface area contributed by atoms with Gasteiger partial charge in [-0.15, -0.1) is 0 Å². The molecular formula is C106H74N2. The molecule has 0 saturated heterocycles. The summed E-state index contributed by atoms with van der Waals surface area (Å²) in [6.07, 6.45) is 4.76. The van der Waals surface area contributed by atoms with Crippen LogP contribution in [0.4, 0.5) is 0 Å². The summed E-state index contributed by atoms with van der Waals surface area (Å²) in [6.45, 7) is 9.53. The fraction of sp³-hybridized carbons (Fsp3) is 0.0566. The fourth-order valence-corrected chi connectivity index (χ4v) is 18.5. The molecule has 18 aromatic carbocycles. The molecule has 0 spiro atoms. The first kappa shape index (κ1) is 63.1. The Morgan fingerprint density at radius 2 is 0.519 bits per heavy atom. The molecule has 0 saturated carbocycles. The highest BCUT2D eigenvalue weighted by atomic mass is 15.0. The minimum Gasteiger partial charge on any atom is -0.316 e. The largest absolute Gasteiger partial charge is 0.316 e. The third-order valence-corrected chi connectivity index (χ3v) is 24.0. The Bertz CT molecular complexity index is 7090. The maximum absolute atomic E-state index is 2.45. The van der Waals surface area contributed by atoms with E-state index >= 15 is 0 Å². The van der Waals surface area contributed by atoms with Crippen LogP contribution in [0.1, 0.15) is 49.9 Å². The molecule has 20 aromatic rings. The van der Waals surface area contributed by atoms with E-state index in [1.807, 2.05) is 0 Å². The lowest BCUT2D eigenvalue weighted by Crippen LogP contribution is -2.15. The summed E-state index contributed by atoms with van der Waals surface area (Å²) in [6, 6.07) is 135. The Hall–Kier alpha value is -13.4. The summed E-state index contributed by atoms with van der Waals surface area (Å²) in [5.74, 6) is 0. The topological polar surface area (TPSA) is 9.86 Å². The van der Waals surface area contributed by atoms with E-state index in [1.165, 1.54) is 209 Å². The van der Waals surface area contributed by atoms with Crippen LogP contribution in [-0.2, 0) is 10.8 Å². The first-order chi connectivity index (χ1) is 53.1. The van der Waals surface area contributed by atoms with Gasteiger partial charge in [-0.2, -0.15) is 0 Å². The number of hydrogen-bond donors (Lipinski definition) is 0. The van der Waals surface area contributed by atoms with Crippen LogP contribution in [0.2, 0.25) is 0 Å². The van der Waals surface area contributed by atoms with Gasteiger partial charge < -0.3 is 9.13 Å². The van der Waals surface area contributed by atoms with Gasteiger partial charge in [0, 0.05) is 56.5 Å². The standard InChI is InChI=1S/C57H39N.C49H35N/c1-57(2)54-33-37(36-14-4-3-5-15-36)24-27-48(54)49-28-26-41(34-55(49)57)58-35-53(51-31-39-17-7-9-19-43(39)45-21-11-13-23-47(45)51)52-32-40(25-29-56(52)58)50-30-38-16-6-8-18-42(38)44-20-10-12-22-46(44)50;1-49(2)46-29-35(32-12-4-3-5-13-32)22-25-42(46)43-26-24-37(30-47(43)49)50-31-45(41-21-11-17-34-15-7-9-19-39(34)41)44-28-36(23-27-48(44)50)40-20-10-16-33-14-6-8-18-38(33)40/h3-35H,1-2H3;3-31H,1-2H3. The molecule has 2 aliphatic carbocycles. The van der Waals surface area contributed by atoms with E-state index in [0.29, 0.717) is 0 Å². The lowest BCUT2D eigenvalue weighted by Gasteiger charge is -2.23. The van der Waals surface area contributed by atoms with Crippen LogP contribution < -0.4 is 0 Å². The van der Waals surface area contributed by atoms with Crippen molar-refractivity contribution in [2.75, 3.05) is 0 Å². The molecule has 508 valence electrons. The highest BCUT2D eigenvalue weighted by Gasteiger charge is 2.38. The predicted octanol–water partition coefficient (Wildman–Crippen LogP) is 28.8. The van der Waals surface area contributed by atoms with Gasteiger partial charge >= 0.3 is 0 Å². The van der Waals surface area contributed by atoms with E-state index in [1.54, 1.807) is 0 Å². The van der Waals surface area contributed by atoms with Gasteiger partial charge in [-0.25, -0.2) is 0 Å². The number of benzene rings is 18. The minimum absolute atomic E-state index is 0.131. The van der Waals surface area contributed by atoms with Gasteiger partial charge in [0.2, 0.25) is 0 Å². The molecule has 2 aliphatic rings. The molecule has 22 rings (SSSR count). The molecule has 108 heavy (non-hydrogen) atoms. The smallest absolute Gasteiger partial charge is 0.0535 e. The van der Waals surface area contributed by atoms with Crippen molar-refractivity contribution in [3.63, 3.8) is 0 Å². The van der Waals surface area contributed by atoms with Crippen LogP contribution in [0.3, 0.4) is 0 Å². The second kappa shape index (κ2) is 24.6. The van der Waals surface area contributed by atoms with Crippen LogP contribution >= 0.6 is 0 Å². The Morgan fingerprint density at radius 3 is 1.01 bits per heavy atom. The van der Waals surface area contributed by atoms with Gasteiger partial charge in [0.25, 0.3) is 0 Å². The quantitative estimate of drug-likeness (QED) is 0.134. The molecule has 0 aliphatic heterocycles. The van der Waals surface area contributed by atoms with E-state index in [-0.39, 0.29) is 10.8 Å². The fourth-order valence-electron chi connectivity index (χ4n) is 18.5. The molecule has 0 atom stereocenters. The second-order valence-electron chi connectivity index (χ2n) is 30.7. The van der Waals surface area contributed by atoms with Crippen molar-refractivity contribution in [1.82, 2.24) is 9.13 Å². The summed E-state index contributed by atoms with van der Waals surface area (Å²) < 4.78 is 4.85. The van der Waals surface area contributed by atoms with Crippen molar-refractivity contribution >= 4 is 86.4 Å². The van der Waals surface area contributed by atoms with Gasteiger partial charge in [0.05, 0.1) is 11.0 Å². The lowest BCUT2D eigenvalue weighted by atomic mass is 9.81. The SMILES string of the molecule is CC1(C)c2cc(-c3ccccc3)ccc2-c2ccc(-n3cc(-c4cc5ccccc5c5ccccc45)c4cc(-c5cc6ccccc6c6ccccc56)ccc43)cc21.CC1(C)c2cc(-c3ccccc3)ccc2-c2ccc(-n3cc(-c4cccc5ccccc45)c4cc(-c5cccc6ccccc56)ccc43)cc21. The Labute approximate surface area is 629 Å². The number of hydrogen-bond acceptors (Lipinski definition) is 0. The minimum atomic E-state index is -0.157. The summed E-state index contributed by atoms with van der Waals surface area (Å²) in [5, 5.41) is 17.7. The van der Waals surface area contributed by atoms with Gasteiger partial charge in [-0.3, -0.25) is 0 Å². The maximum atomic E-state index is 2.45. The van der Waals surface area contributed by atoms with Crippen LogP contribution in [0.15, 0.2) is 376 Å². The van der Waals surface area contributed by atoms with E-state index < -0.39 is 0 Å². The molecule has 0 fully saturated rings. The predicted molar refractivity (Wildman–Crippen MR) is 459 cm³/mol. The highest BCUT2D eigenvalue weighted by molar-refractivity contribution is 6.18. The van der Waals surface area contributed by atoms with Crippen LogP contribution in [0.25, 0.3) is 187 Å². The molecule has 0 N–H and O–H groups in total. The molecule has 0 radical (unpaired) electrons. The summed E-state index contributed by atoms with van der Waals surface area (Å²) in [7, 11) is 0. The summed E-state index contributed by atoms with van der Waals surface area (Å²) >= 11 is 0. The first-order valence-electron chi connectivity index (χ1n) is 37.8. The molecule has 2 aromatic heterocycles. The number of rotatable bonds is 8. The monoisotopic (exact) mass is 1370 g/mol. The van der Waals surface area contributed by atoms with E-state index in [2.05, 4.69) is 413 Å². The number of fused-ring (bicyclic) bond motifs is 16. The third-order valence-electron chi connectivity index (χ3n) is 24.0. The average Bonchev–Trinajstić information content (AvgIpc) is 1.56. The van der Waals surface area contributed by atoms with Gasteiger partial charge in [0.1, 0.15) is 0 Å². The zero-order chi connectivity index (χ0) is 71.9. The number of nitrogens with zero attached hydrogens (tertiary/aromatic N) is 2. The molecule has 2 heteroatoms. The van der Waals surface area contributed by atoms with E-state index in [4.69, 9.17) is 0 Å². The zero-order valence-corrected chi connectivity index (χ0v) is 60.7. The van der Waals surface area contributed by atoms with Crippen molar-refractivity contribution in [1.29, 1.82) is 0 Å². The highest BCUT2D eigenvalue weighted by Crippen LogP contribution is 2.54. The first-order valence-corrected chi connectivity index (χ1v) is 37.8. The molecular weight excluding hydrogens is 1300 g/mol. The molecule has 0 amide bonds.